The van der Waals surface area contributed by atoms with E-state index >= 15 is 0 Å². The molecule has 1 aromatic carbocycles. The summed E-state index contributed by atoms with van der Waals surface area (Å²) in [5.41, 5.74) is 7.02. The molecule has 1 fully saturated rings. The zero-order valence-corrected chi connectivity index (χ0v) is 13.2. The number of benzene rings is 1. The van der Waals surface area contributed by atoms with Crippen molar-refractivity contribution in [2.75, 3.05) is 37.2 Å². The molecule has 0 aliphatic carbocycles. The lowest BCUT2D eigenvalue weighted by Gasteiger charge is -2.21. The molecule has 1 aliphatic rings. The summed E-state index contributed by atoms with van der Waals surface area (Å²) in [6.45, 7) is 6.45. The number of nitrogen functional groups attached to an aromatic ring is 1. The number of primary sulfonamides is 1. The summed E-state index contributed by atoms with van der Waals surface area (Å²) in [6.07, 6.45) is 2.59. The van der Waals surface area contributed by atoms with Gasteiger partial charge in [-0.15, -0.1) is 0 Å². The van der Waals surface area contributed by atoms with Gasteiger partial charge in [0.2, 0.25) is 10.0 Å². The number of nitrogens with two attached hydrogens (primary N) is 2. The molecule has 1 unspecified atom stereocenters. The van der Waals surface area contributed by atoms with E-state index in [1.807, 2.05) is 0 Å². The molecular formula is C14H24N4O2S. The summed E-state index contributed by atoms with van der Waals surface area (Å²) >= 11 is 0. The lowest BCUT2D eigenvalue weighted by molar-refractivity contribution is 0.294. The van der Waals surface area contributed by atoms with Gasteiger partial charge in [-0.3, -0.25) is 0 Å². The number of nitrogens with zero attached hydrogens (tertiary/aromatic N) is 1. The third-order valence-corrected chi connectivity index (χ3v) is 4.67. The highest BCUT2D eigenvalue weighted by atomic mass is 32.2. The van der Waals surface area contributed by atoms with Crippen molar-refractivity contribution in [2.45, 2.75) is 24.7 Å². The van der Waals surface area contributed by atoms with E-state index in [1.54, 1.807) is 6.07 Å². The molecule has 0 amide bonds. The number of hydrogen-bond acceptors (Lipinski definition) is 5. The van der Waals surface area contributed by atoms with Gasteiger partial charge in [0.25, 0.3) is 0 Å². The van der Waals surface area contributed by atoms with Gasteiger partial charge >= 0.3 is 0 Å². The fourth-order valence-corrected chi connectivity index (χ4v) is 3.18. The predicted octanol–water partition coefficient (Wildman–Crippen LogP) is 1.06. The maximum absolute atomic E-state index is 11.3. The van der Waals surface area contributed by atoms with Gasteiger partial charge in [-0.05, 0) is 50.0 Å². The molecule has 0 bridgehead atoms. The van der Waals surface area contributed by atoms with Crippen molar-refractivity contribution < 1.29 is 8.42 Å². The van der Waals surface area contributed by atoms with Crippen molar-refractivity contribution in [3.63, 3.8) is 0 Å². The molecule has 1 aliphatic heterocycles. The third-order valence-electron chi connectivity index (χ3n) is 3.76. The van der Waals surface area contributed by atoms with Crippen LogP contribution in [0.25, 0.3) is 0 Å². The Hall–Kier alpha value is -1.31. The molecule has 21 heavy (non-hydrogen) atoms. The van der Waals surface area contributed by atoms with E-state index in [1.165, 1.54) is 38.1 Å². The standard InChI is InChI=1S/C14H24N4O2S/c1-11(10-18-6-2-3-7-18)9-17-14-5-4-12(8-13(14)15)21(16,19)20/h4-5,8,11,17H,2-3,6-7,9-10,15H2,1H3,(H2,16,19,20). The lowest BCUT2D eigenvalue weighted by atomic mass is 10.1. The van der Waals surface area contributed by atoms with Gasteiger partial charge in [0, 0.05) is 13.1 Å². The first-order valence-corrected chi connectivity index (χ1v) is 8.79. The molecule has 2 rings (SSSR count). The average molecular weight is 312 g/mol. The quantitative estimate of drug-likeness (QED) is 0.682. The first-order chi connectivity index (χ1) is 9.86. The van der Waals surface area contributed by atoms with Crippen molar-refractivity contribution in [3.05, 3.63) is 18.2 Å². The normalized spacial score (nSPS) is 17.8. The van der Waals surface area contributed by atoms with E-state index in [0.717, 1.165) is 18.8 Å². The second-order valence-corrected chi connectivity index (χ2v) is 7.35. The van der Waals surface area contributed by atoms with Gasteiger partial charge in [0.1, 0.15) is 0 Å². The molecule has 1 saturated heterocycles. The maximum atomic E-state index is 11.3. The molecule has 0 radical (unpaired) electrons. The van der Waals surface area contributed by atoms with Crippen LogP contribution in [0.1, 0.15) is 19.8 Å². The van der Waals surface area contributed by atoms with Crippen molar-refractivity contribution in [3.8, 4) is 0 Å². The van der Waals surface area contributed by atoms with Crippen LogP contribution in [-0.4, -0.2) is 39.5 Å². The Morgan fingerprint density at radius 2 is 2.00 bits per heavy atom. The molecule has 7 heteroatoms. The Kier molecular flexibility index (Phi) is 5.08. The first-order valence-electron chi connectivity index (χ1n) is 7.25. The molecule has 6 nitrogen and oxygen atoms in total. The fourth-order valence-electron chi connectivity index (χ4n) is 2.63. The van der Waals surface area contributed by atoms with Crippen LogP contribution in [0.15, 0.2) is 23.1 Å². The topological polar surface area (TPSA) is 101 Å². The predicted molar refractivity (Wildman–Crippen MR) is 85.6 cm³/mol. The molecule has 5 N–H and O–H groups in total. The van der Waals surface area contributed by atoms with Crippen LogP contribution in [0.3, 0.4) is 0 Å². The molecule has 0 aromatic heterocycles. The van der Waals surface area contributed by atoms with Gasteiger partial charge in [0.05, 0.1) is 16.3 Å². The Morgan fingerprint density at radius 3 is 2.57 bits per heavy atom. The highest BCUT2D eigenvalue weighted by Crippen LogP contribution is 2.22. The molecule has 118 valence electrons. The van der Waals surface area contributed by atoms with Crippen LogP contribution < -0.4 is 16.2 Å². The summed E-state index contributed by atoms with van der Waals surface area (Å²) < 4.78 is 22.5. The third kappa shape index (κ3) is 4.59. The maximum Gasteiger partial charge on any atom is 0.238 e. The Bertz CT molecular complexity index is 583. The van der Waals surface area contributed by atoms with Crippen molar-refractivity contribution >= 4 is 21.4 Å². The summed E-state index contributed by atoms with van der Waals surface area (Å²) in [7, 11) is -3.70. The van der Waals surface area contributed by atoms with Crippen LogP contribution >= 0.6 is 0 Å². The lowest BCUT2D eigenvalue weighted by Crippen LogP contribution is -2.29. The molecule has 0 spiro atoms. The summed E-state index contributed by atoms with van der Waals surface area (Å²) in [5, 5.41) is 8.36. The average Bonchev–Trinajstić information content (AvgIpc) is 2.89. The van der Waals surface area contributed by atoms with Crippen LogP contribution in [0.2, 0.25) is 0 Å². The second-order valence-electron chi connectivity index (χ2n) is 5.79. The van der Waals surface area contributed by atoms with E-state index < -0.39 is 10.0 Å². The van der Waals surface area contributed by atoms with Gasteiger partial charge < -0.3 is 16.0 Å². The molecule has 0 saturated carbocycles. The molecule has 1 atom stereocenters. The van der Waals surface area contributed by atoms with Gasteiger partial charge in [-0.2, -0.15) is 0 Å². The molecule has 1 heterocycles. The number of nitrogens with one attached hydrogen (secondary N) is 1. The van der Waals surface area contributed by atoms with E-state index in [-0.39, 0.29) is 4.90 Å². The second kappa shape index (κ2) is 6.64. The first kappa shape index (κ1) is 16.1. The number of rotatable bonds is 6. The van der Waals surface area contributed by atoms with Gasteiger partial charge in [-0.1, -0.05) is 6.92 Å². The minimum atomic E-state index is -3.70. The minimum Gasteiger partial charge on any atom is -0.397 e. The zero-order valence-electron chi connectivity index (χ0n) is 12.4. The number of hydrogen-bond donors (Lipinski definition) is 3. The van der Waals surface area contributed by atoms with E-state index in [2.05, 4.69) is 17.1 Å². The molecular weight excluding hydrogens is 288 g/mol. The smallest absolute Gasteiger partial charge is 0.238 e. The van der Waals surface area contributed by atoms with Gasteiger partial charge in [-0.25, -0.2) is 13.6 Å². The van der Waals surface area contributed by atoms with E-state index in [4.69, 9.17) is 10.9 Å². The highest BCUT2D eigenvalue weighted by molar-refractivity contribution is 7.89. The number of sulfonamides is 1. The Morgan fingerprint density at radius 1 is 1.33 bits per heavy atom. The van der Waals surface area contributed by atoms with Gasteiger partial charge in [0.15, 0.2) is 0 Å². The monoisotopic (exact) mass is 312 g/mol. The summed E-state index contributed by atoms with van der Waals surface area (Å²) in [5.74, 6) is 0.500. The largest absolute Gasteiger partial charge is 0.397 e. The van der Waals surface area contributed by atoms with Crippen molar-refractivity contribution in [1.82, 2.24) is 4.90 Å². The van der Waals surface area contributed by atoms with E-state index in [0.29, 0.717) is 11.6 Å². The van der Waals surface area contributed by atoms with Crippen LogP contribution in [-0.2, 0) is 10.0 Å². The van der Waals surface area contributed by atoms with E-state index in [9.17, 15) is 8.42 Å². The SMILES string of the molecule is CC(CNc1ccc(S(N)(=O)=O)cc1N)CN1CCCC1. The number of anilines is 2. The highest BCUT2D eigenvalue weighted by Gasteiger charge is 2.15. The summed E-state index contributed by atoms with van der Waals surface area (Å²) in [6, 6.07) is 4.53. The van der Waals surface area contributed by atoms with Crippen molar-refractivity contribution in [2.24, 2.45) is 11.1 Å². The van der Waals surface area contributed by atoms with Crippen LogP contribution in [0.5, 0.6) is 0 Å². The summed E-state index contributed by atoms with van der Waals surface area (Å²) in [4.78, 5) is 2.51. The number of likely N-dealkylation sites (tertiary alicyclic amines) is 1. The van der Waals surface area contributed by atoms with Crippen LogP contribution in [0.4, 0.5) is 11.4 Å². The van der Waals surface area contributed by atoms with Crippen molar-refractivity contribution in [1.29, 1.82) is 0 Å². The zero-order chi connectivity index (χ0) is 15.5. The molecule has 1 aromatic rings. The fraction of sp³-hybridized carbons (Fsp3) is 0.571. The Balaban J connectivity index is 1.90. The van der Waals surface area contributed by atoms with Crippen LogP contribution in [0, 0.1) is 5.92 Å². The minimum absolute atomic E-state index is 0.0377. The Labute approximate surface area is 126 Å².